The smallest absolute Gasteiger partial charge is 0.315 e. The van der Waals surface area contributed by atoms with Gasteiger partial charge < -0.3 is 14.9 Å². The zero-order chi connectivity index (χ0) is 18.0. The van der Waals surface area contributed by atoms with Gasteiger partial charge in [0, 0.05) is 23.7 Å². The molecule has 1 spiro atoms. The van der Waals surface area contributed by atoms with Gasteiger partial charge in [-0.1, -0.05) is 6.92 Å². The number of hydrogen-bond acceptors (Lipinski definition) is 5. The van der Waals surface area contributed by atoms with E-state index in [1.54, 1.807) is 6.92 Å². The minimum atomic E-state index is -1.19. The van der Waals surface area contributed by atoms with Gasteiger partial charge in [0.15, 0.2) is 0 Å². The van der Waals surface area contributed by atoms with Crippen molar-refractivity contribution in [3.63, 3.8) is 0 Å². The lowest BCUT2D eigenvalue weighted by Crippen LogP contribution is -2.53. The van der Waals surface area contributed by atoms with Crippen molar-refractivity contribution in [1.29, 1.82) is 0 Å². The molecular weight excluding hydrogens is 324 g/mol. The van der Waals surface area contributed by atoms with Crippen LogP contribution in [0.2, 0.25) is 0 Å². The first kappa shape index (κ1) is 15.8. The SMILES string of the molecule is C[C@@]12CC[C@H]3[C@@](CC1=O)(C2)[C@@H](C(=O)O)[C@H]1[C@@]32CC[C@H](O)[C@@]1(C)C(=O)O2. The predicted molar refractivity (Wildman–Crippen MR) is 84.3 cm³/mol. The average molecular weight is 348 g/mol. The summed E-state index contributed by atoms with van der Waals surface area (Å²) in [4.78, 5) is 37.9. The molecule has 1 heterocycles. The Balaban J connectivity index is 1.76. The number of carbonyl (C=O) groups excluding carboxylic acids is 2. The highest BCUT2D eigenvalue weighted by molar-refractivity contribution is 5.91. The number of aliphatic hydroxyl groups excluding tert-OH is 1. The van der Waals surface area contributed by atoms with Gasteiger partial charge in [0.25, 0.3) is 0 Å². The molecule has 0 aromatic carbocycles. The number of carboxylic acids is 1. The third-order valence-electron chi connectivity index (χ3n) is 8.77. The van der Waals surface area contributed by atoms with Gasteiger partial charge in [-0.3, -0.25) is 14.4 Å². The molecule has 4 saturated carbocycles. The molecule has 0 radical (unpaired) electrons. The van der Waals surface area contributed by atoms with Gasteiger partial charge in [-0.15, -0.1) is 0 Å². The van der Waals surface area contributed by atoms with E-state index in [4.69, 9.17) is 4.74 Å². The van der Waals surface area contributed by atoms with Gasteiger partial charge >= 0.3 is 11.9 Å². The normalized spacial score (nSPS) is 58.7. The molecule has 5 rings (SSSR count). The second kappa shape index (κ2) is 4.11. The highest BCUT2D eigenvalue weighted by Gasteiger charge is 2.84. The lowest BCUT2D eigenvalue weighted by atomic mass is 9.59. The number of hydrogen-bond donors (Lipinski definition) is 2. The molecule has 6 nitrogen and oxygen atoms in total. The van der Waals surface area contributed by atoms with Crippen molar-refractivity contribution in [2.24, 2.45) is 34.0 Å². The highest BCUT2D eigenvalue weighted by atomic mass is 16.6. The fraction of sp³-hybridized carbons (Fsp3) is 0.842. The van der Waals surface area contributed by atoms with Crippen LogP contribution in [0.4, 0.5) is 0 Å². The second-order valence-corrected chi connectivity index (χ2v) is 9.64. The van der Waals surface area contributed by atoms with Crippen LogP contribution in [0.3, 0.4) is 0 Å². The molecular formula is C19H24O6. The standard InChI is InChI=1S/C19H24O6/c1-16-5-3-9-18(8-16,7-11(16)21)12(14(22)23)13-17(2)10(20)4-6-19(9,13)25-15(17)24/h9-10,12-13,20H,3-8H2,1-2H3,(H,22,23)/t9-,10-,12+,13+,16-,17+,18+,19+/m0/s1. The quantitative estimate of drug-likeness (QED) is 0.697. The third kappa shape index (κ3) is 1.40. The number of fused-ring (bicyclic) bond motifs is 1. The molecule has 0 amide bonds. The number of rotatable bonds is 1. The van der Waals surface area contributed by atoms with Gasteiger partial charge in [-0.05, 0) is 44.4 Å². The average Bonchev–Trinajstić information content (AvgIpc) is 2.95. The molecule has 136 valence electrons. The number of ether oxygens (including phenoxy) is 1. The number of carboxylic acid groups (broad SMARTS) is 1. The lowest BCUT2D eigenvalue weighted by Gasteiger charge is -2.45. The molecule has 5 aliphatic rings. The van der Waals surface area contributed by atoms with E-state index in [0.717, 1.165) is 12.8 Å². The van der Waals surface area contributed by atoms with Crippen molar-refractivity contribution >= 4 is 17.7 Å². The summed E-state index contributed by atoms with van der Waals surface area (Å²) in [5.41, 5.74) is -3.08. The predicted octanol–water partition coefficient (Wildman–Crippen LogP) is 1.54. The Morgan fingerprint density at radius 1 is 1.20 bits per heavy atom. The van der Waals surface area contributed by atoms with Gasteiger partial charge in [0.05, 0.1) is 17.4 Å². The van der Waals surface area contributed by atoms with Crippen LogP contribution in [0.25, 0.3) is 0 Å². The van der Waals surface area contributed by atoms with Crippen molar-refractivity contribution in [3.05, 3.63) is 0 Å². The van der Waals surface area contributed by atoms with Gasteiger partial charge in [0.1, 0.15) is 11.4 Å². The number of Topliss-reactive ketones (excluding diaryl/α,β-unsaturated/α-hetero) is 1. The zero-order valence-corrected chi connectivity index (χ0v) is 14.6. The van der Waals surface area contributed by atoms with E-state index in [0.29, 0.717) is 19.3 Å². The van der Waals surface area contributed by atoms with E-state index in [1.165, 1.54) is 0 Å². The van der Waals surface area contributed by atoms with Crippen LogP contribution in [0.1, 0.15) is 52.4 Å². The fourth-order valence-corrected chi connectivity index (χ4v) is 7.80. The van der Waals surface area contributed by atoms with Crippen molar-refractivity contribution in [3.8, 4) is 0 Å². The van der Waals surface area contributed by atoms with Crippen LogP contribution in [0, 0.1) is 34.0 Å². The topological polar surface area (TPSA) is 101 Å². The molecule has 2 N–H and O–H groups in total. The number of carbonyl (C=O) groups is 3. The summed E-state index contributed by atoms with van der Waals surface area (Å²) in [5, 5.41) is 20.8. The Bertz CT molecular complexity index is 731. The number of ketones is 1. The molecule has 6 heteroatoms. The van der Waals surface area contributed by atoms with Crippen molar-refractivity contribution in [2.75, 3.05) is 0 Å². The minimum Gasteiger partial charge on any atom is -0.481 e. The van der Waals surface area contributed by atoms with Crippen LogP contribution in [0.15, 0.2) is 0 Å². The van der Waals surface area contributed by atoms with E-state index in [9.17, 15) is 24.6 Å². The van der Waals surface area contributed by atoms with Crippen LogP contribution in [-0.2, 0) is 19.1 Å². The van der Waals surface area contributed by atoms with Crippen molar-refractivity contribution < 1.29 is 29.3 Å². The number of aliphatic carboxylic acids is 1. The van der Waals surface area contributed by atoms with Gasteiger partial charge in [0.2, 0.25) is 0 Å². The molecule has 25 heavy (non-hydrogen) atoms. The van der Waals surface area contributed by atoms with Crippen LogP contribution in [0.5, 0.6) is 0 Å². The first-order valence-electron chi connectivity index (χ1n) is 9.29. The largest absolute Gasteiger partial charge is 0.481 e. The first-order chi connectivity index (χ1) is 11.6. The van der Waals surface area contributed by atoms with E-state index < -0.39 is 51.7 Å². The highest BCUT2D eigenvalue weighted by Crippen LogP contribution is 2.78. The zero-order valence-electron chi connectivity index (χ0n) is 14.6. The van der Waals surface area contributed by atoms with Crippen LogP contribution < -0.4 is 0 Å². The molecule has 0 unspecified atom stereocenters. The van der Waals surface area contributed by atoms with E-state index in [-0.39, 0.29) is 18.1 Å². The van der Waals surface area contributed by atoms with Gasteiger partial charge in [-0.25, -0.2) is 0 Å². The Morgan fingerprint density at radius 2 is 1.92 bits per heavy atom. The molecule has 4 bridgehead atoms. The third-order valence-corrected chi connectivity index (χ3v) is 8.77. The van der Waals surface area contributed by atoms with Crippen LogP contribution in [-0.4, -0.2) is 39.6 Å². The summed E-state index contributed by atoms with van der Waals surface area (Å²) in [6, 6.07) is 0. The van der Waals surface area contributed by atoms with E-state index >= 15 is 0 Å². The maximum absolute atomic E-state index is 12.8. The van der Waals surface area contributed by atoms with Crippen LogP contribution >= 0.6 is 0 Å². The van der Waals surface area contributed by atoms with E-state index in [1.807, 2.05) is 6.92 Å². The maximum Gasteiger partial charge on any atom is 0.315 e. The van der Waals surface area contributed by atoms with Crippen molar-refractivity contribution in [2.45, 2.75) is 64.1 Å². The van der Waals surface area contributed by atoms with Crippen molar-refractivity contribution in [1.82, 2.24) is 0 Å². The molecule has 1 aliphatic heterocycles. The molecule has 8 atom stereocenters. The summed E-state index contributed by atoms with van der Waals surface area (Å²) >= 11 is 0. The monoisotopic (exact) mass is 348 g/mol. The molecule has 0 aromatic heterocycles. The van der Waals surface area contributed by atoms with E-state index in [2.05, 4.69) is 0 Å². The molecule has 1 saturated heterocycles. The summed E-state index contributed by atoms with van der Waals surface area (Å²) in [6.45, 7) is 3.63. The lowest BCUT2D eigenvalue weighted by molar-refractivity contribution is -0.163. The fourth-order valence-electron chi connectivity index (χ4n) is 7.80. The summed E-state index contributed by atoms with van der Waals surface area (Å²) in [6.07, 6.45) is 2.36. The van der Waals surface area contributed by atoms with Gasteiger partial charge in [-0.2, -0.15) is 0 Å². The summed E-state index contributed by atoms with van der Waals surface area (Å²) in [7, 11) is 0. The first-order valence-corrected chi connectivity index (χ1v) is 9.29. The maximum atomic E-state index is 12.8. The molecule has 0 aromatic rings. The summed E-state index contributed by atoms with van der Waals surface area (Å²) in [5.74, 6) is -2.70. The second-order valence-electron chi connectivity index (χ2n) is 9.64. The summed E-state index contributed by atoms with van der Waals surface area (Å²) < 4.78 is 5.96. The Morgan fingerprint density at radius 3 is 2.60 bits per heavy atom. The molecule has 5 fully saturated rings. The Kier molecular flexibility index (Phi) is 2.59. The minimum absolute atomic E-state index is 0.0936. The number of esters is 1. The number of aliphatic hydroxyl groups is 1. The molecule has 4 aliphatic carbocycles. The Labute approximate surface area is 145 Å². The Hall–Kier alpha value is -1.43.